The van der Waals surface area contributed by atoms with E-state index >= 15 is 0 Å². The molecule has 0 heterocycles. The molecule has 160 valence electrons. The highest BCUT2D eigenvalue weighted by atomic mass is 32.1. The monoisotopic (exact) mass is 402 g/mol. The van der Waals surface area contributed by atoms with E-state index in [1.54, 1.807) is 5.57 Å². The topological polar surface area (TPSA) is 0 Å². The van der Waals surface area contributed by atoms with Crippen molar-refractivity contribution in [3.63, 3.8) is 0 Å². The minimum atomic E-state index is 0.504. The van der Waals surface area contributed by atoms with Gasteiger partial charge >= 0.3 is 0 Å². The second kappa shape index (κ2) is 7.97. The van der Waals surface area contributed by atoms with Gasteiger partial charge in [-0.05, 0) is 97.7 Å². The Morgan fingerprint density at radius 2 is 1.75 bits per heavy atom. The molecule has 1 heteroatoms. The van der Waals surface area contributed by atoms with Crippen LogP contribution in [0.4, 0.5) is 0 Å². The van der Waals surface area contributed by atoms with Gasteiger partial charge in [-0.2, -0.15) is 12.6 Å². The molecule has 0 aromatic rings. The van der Waals surface area contributed by atoms with Crippen molar-refractivity contribution >= 4 is 12.6 Å². The van der Waals surface area contributed by atoms with E-state index in [4.69, 9.17) is 12.6 Å². The van der Waals surface area contributed by atoms with E-state index in [1.807, 2.05) is 0 Å². The third-order valence-electron chi connectivity index (χ3n) is 10.3. The number of allylic oxidation sites excluding steroid dienone is 1. The summed E-state index contributed by atoms with van der Waals surface area (Å²) >= 11 is 4.81. The van der Waals surface area contributed by atoms with Gasteiger partial charge < -0.3 is 0 Å². The van der Waals surface area contributed by atoms with Crippen molar-refractivity contribution < 1.29 is 0 Å². The molecule has 4 rings (SSSR count). The van der Waals surface area contributed by atoms with Crippen LogP contribution in [-0.2, 0) is 0 Å². The van der Waals surface area contributed by atoms with Crippen LogP contribution in [0.5, 0.6) is 0 Å². The van der Waals surface area contributed by atoms with Crippen LogP contribution in [0.1, 0.15) is 105 Å². The molecule has 0 aromatic carbocycles. The molecule has 3 fully saturated rings. The zero-order valence-corrected chi connectivity index (χ0v) is 20.2. The van der Waals surface area contributed by atoms with E-state index in [2.05, 4.69) is 40.7 Å². The SMILES string of the molecule is CC(C)CCC[C@@H](C)[C@H]1CC[C@@H]2[C@@H]3CCC4=C[C@@H](S)CC[C@]4(C)[C@@H]3CC[C@@]21C. The minimum Gasteiger partial charge on any atom is -0.172 e. The van der Waals surface area contributed by atoms with Crippen LogP contribution in [-0.4, -0.2) is 5.25 Å². The summed E-state index contributed by atoms with van der Waals surface area (Å²) in [6, 6.07) is 0. The molecule has 0 N–H and O–H groups in total. The summed E-state index contributed by atoms with van der Waals surface area (Å²) in [6.45, 7) is 12.7. The molecular weight excluding hydrogens is 356 g/mol. The van der Waals surface area contributed by atoms with Crippen molar-refractivity contribution in [2.75, 3.05) is 0 Å². The van der Waals surface area contributed by atoms with Crippen molar-refractivity contribution in [2.45, 2.75) is 110 Å². The van der Waals surface area contributed by atoms with Gasteiger partial charge in [0.2, 0.25) is 0 Å². The van der Waals surface area contributed by atoms with Gasteiger partial charge in [-0.3, -0.25) is 0 Å². The van der Waals surface area contributed by atoms with Crippen molar-refractivity contribution in [2.24, 2.45) is 46.3 Å². The van der Waals surface area contributed by atoms with Crippen LogP contribution in [0.2, 0.25) is 0 Å². The number of fused-ring (bicyclic) bond motifs is 5. The van der Waals surface area contributed by atoms with E-state index in [-0.39, 0.29) is 0 Å². The van der Waals surface area contributed by atoms with Gasteiger partial charge in [0.1, 0.15) is 0 Å². The Bertz CT molecular complexity index is 591. The summed E-state index contributed by atoms with van der Waals surface area (Å²) in [6.07, 6.45) is 18.5. The Morgan fingerprint density at radius 1 is 0.964 bits per heavy atom. The Kier molecular flexibility index (Phi) is 6.07. The fourth-order valence-electron chi connectivity index (χ4n) is 8.73. The summed E-state index contributed by atoms with van der Waals surface area (Å²) in [5.41, 5.74) is 2.93. The lowest BCUT2D eigenvalue weighted by Crippen LogP contribution is -2.51. The Hall–Kier alpha value is 0.0900. The molecule has 0 nitrogen and oxygen atoms in total. The van der Waals surface area contributed by atoms with Crippen LogP contribution in [0.25, 0.3) is 0 Å². The third kappa shape index (κ3) is 3.54. The van der Waals surface area contributed by atoms with Gasteiger partial charge in [0.25, 0.3) is 0 Å². The number of hydrogen-bond acceptors (Lipinski definition) is 1. The van der Waals surface area contributed by atoms with Gasteiger partial charge in [0.15, 0.2) is 0 Å². The zero-order valence-electron chi connectivity index (χ0n) is 19.3. The first kappa shape index (κ1) is 21.3. The van der Waals surface area contributed by atoms with Crippen LogP contribution < -0.4 is 0 Å². The van der Waals surface area contributed by atoms with Crippen molar-refractivity contribution in [3.8, 4) is 0 Å². The van der Waals surface area contributed by atoms with Crippen LogP contribution in [0.15, 0.2) is 11.6 Å². The first-order valence-corrected chi connectivity index (χ1v) is 13.2. The fourth-order valence-corrected chi connectivity index (χ4v) is 9.04. The Morgan fingerprint density at radius 3 is 2.50 bits per heavy atom. The zero-order chi connectivity index (χ0) is 20.1. The van der Waals surface area contributed by atoms with Crippen LogP contribution in [0, 0.1) is 46.3 Å². The van der Waals surface area contributed by atoms with Gasteiger partial charge in [0.05, 0.1) is 0 Å². The number of hydrogen-bond donors (Lipinski definition) is 1. The first-order chi connectivity index (χ1) is 13.3. The van der Waals surface area contributed by atoms with Crippen LogP contribution >= 0.6 is 12.6 Å². The van der Waals surface area contributed by atoms with E-state index in [0.717, 1.165) is 35.5 Å². The average Bonchev–Trinajstić information content (AvgIpc) is 2.99. The maximum atomic E-state index is 4.81. The second-order valence-corrected chi connectivity index (χ2v) is 12.8. The molecule has 28 heavy (non-hydrogen) atoms. The normalized spacial score (nSPS) is 46.5. The van der Waals surface area contributed by atoms with E-state index < -0.39 is 0 Å². The molecule has 0 aliphatic heterocycles. The molecule has 0 bridgehead atoms. The molecule has 4 aliphatic rings. The van der Waals surface area contributed by atoms with Gasteiger partial charge in [0, 0.05) is 5.25 Å². The quantitative estimate of drug-likeness (QED) is 0.347. The maximum Gasteiger partial charge on any atom is 0.0199 e. The summed E-state index contributed by atoms with van der Waals surface area (Å²) in [5, 5.41) is 0.524. The second-order valence-electron chi connectivity index (χ2n) is 12.2. The van der Waals surface area contributed by atoms with Crippen LogP contribution in [0.3, 0.4) is 0 Å². The molecule has 0 spiro atoms. The first-order valence-electron chi connectivity index (χ1n) is 12.6. The molecule has 0 saturated heterocycles. The smallest absolute Gasteiger partial charge is 0.0199 e. The largest absolute Gasteiger partial charge is 0.172 e. The molecular formula is C27H46S. The third-order valence-corrected chi connectivity index (χ3v) is 10.7. The fraction of sp³-hybridized carbons (Fsp3) is 0.926. The summed E-state index contributed by atoms with van der Waals surface area (Å²) in [4.78, 5) is 0. The lowest BCUT2D eigenvalue weighted by Gasteiger charge is -2.59. The average molecular weight is 403 g/mol. The highest BCUT2D eigenvalue weighted by molar-refractivity contribution is 7.81. The van der Waals surface area contributed by atoms with Gasteiger partial charge in [-0.1, -0.05) is 65.5 Å². The van der Waals surface area contributed by atoms with Crippen molar-refractivity contribution in [1.29, 1.82) is 0 Å². The highest BCUT2D eigenvalue weighted by Gasteiger charge is 2.59. The summed E-state index contributed by atoms with van der Waals surface area (Å²) in [7, 11) is 0. The molecule has 0 radical (unpaired) electrons. The summed E-state index contributed by atoms with van der Waals surface area (Å²) in [5.74, 6) is 5.76. The number of thiol groups is 1. The molecule has 8 atom stereocenters. The molecule has 0 aromatic heterocycles. The number of rotatable bonds is 5. The summed E-state index contributed by atoms with van der Waals surface area (Å²) < 4.78 is 0. The van der Waals surface area contributed by atoms with Crippen molar-refractivity contribution in [1.82, 2.24) is 0 Å². The maximum absolute atomic E-state index is 4.81. The lowest BCUT2D eigenvalue weighted by atomic mass is 9.46. The van der Waals surface area contributed by atoms with E-state index in [1.165, 1.54) is 70.6 Å². The van der Waals surface area contributed by atoms with Gasteiger partial charge in [-0.15, -0.1) is 0 Å². The lowest BCUT2D eigenvalue weighted by molar-refractivity contribution is -0.0590. The predicted octanol–water partition coefficient (Wildman–Crippen LogP) is 8.33. The highest BCUT2D eigenvalue weighted by Crippen LogP contribution is 2.67. The van der Waals surface area contributed by atoms with Crippen molar-refractivity contribution in [3.05, 3.63) is 11.6 Å². The van der Waals surface area contributed by atoms with Gasteiger partial charge in [-0.25, -0.2) is 0 Å². The predicted molar refractivity (Wildman–Crippen MR) is 126 cm³/mol. The Labute approximate surface area is 181 Å². The minimum absolute atomic E-state index is 0.504. The van der Waals surface area contributed by atoms with E-state index in [0.29, 0.717) is 16.1 Å². The molecule has 0 amide bonds. The molecule has 3 saturated carbocycles. The standard InChI is InChI=1S/C27H46S/c1-18(2)7-6-8-19(3)23-11-12-24-22-10-9-20-17-21(28)13-15-26(20,4)25(22)14-16-27(23,24)5/h17-19,21-25,28H,6-16H2,1-5H3/t19-,21+,22+,23-,24-,25-,26+,27-/m1/s1. The molecule has 0 unspecified atom stereocenters. The Balaban J connectivity index is 1.48. The molecule has 4 aliphatic carbocycles. The van der Waals surface area contributed by atoms with E-state index in [9.17, 15) is 0 Å².